The molecule has 0 unspecified atom stereocenters. The summed E-state index contributed by atoms with van der Waals surface area (Å²) in [5.74, 6) is 0.220. The number of benzene rings is 2. The van der Waals surface area contributed by atoms with E-state index in [9.17, 15) is 19.7 Å². The standard InChI is InChI=1S/C20H16N4O4/c1-11-4-5-14(8-12(11)2)23-17-7-6-15(24(27)28)9-13(17)10-16-18(23)21-20(26)22(3)19(16)25/h4-10H,1-3H3. The molecule has 0 aromatic heterocycles. The first kappa shape index (κ1) is 17.6. The van der Waals surface area contributed by atoms with Crippen molar-refractivity contribution in [2.45, 2.75) is 13.8 Å². The fourth-order valence-corrected chi connectivity index (χ4v) is 3.26. The van der Waals surface area contributed by atoms with E-state index < -0.39 is 16.2 Å². The van der Waals surface area contributed by atoms with Crippen LogP contribution in [-0.4, -0.2) is 19.0 Å². The average molecular weight is 376 g/mol. The highest BCUT2D eigenvalue weighted by molar-refractivity contribution is 5.89. The molecule has 0 amide bonds. The summed E-state index contributed by atoms with van der Waals surface area (Å²) in [7, 11) is 1.36. The Hall–Kier alpha value is -3.81. The number of aromatic nitrogens is 3. The molecular weight excluding hydrogens is 360 g/mol. The lowest BCUT2D eigenvalue weighted by Crippen LogP contribution is -2.35. The number of fused-ring (bicyclic) bond motifs is 2. The Morgan fingerprint density at radius 3 is 2.43 bits per heavy atom. The zero-order chi connectivity index (χ0) is 20.2. The molecule has 0 spiro atoms. The molecular formula is C20H16N4O4. The van der Waals surface area contributed by atoms with Crippen LogP contribution in [0.2, 0.25) is 0 Å². The van der Waals surface area contributed by atoms with E-state index in [1.54, 1.807) is 16.7 Å². The molecule has 4 rings (SSSR count). The summed E-state index contributed by atoms with van der Waals surface area (Å²) >= 11 is 0. The molecule has 2 aliphatic rings. The van der Waals surface area contributed by atoms with Crippen LogP contribution in [0, 0.1) is 24.0 Å². The van der Waals surface area contributed by atoms with E-state index in [1.807, 2.05) is 32.0 Å². The molecule has 0 saturated carbocycles. The van der Waals surface area contributed by atoms with Crippen molar-refractivity contribution < 1.29 is 4.92 Å². The monoisotopic (exact) mass is 376 g/mol. The van der Waals surface area contributed by atoms with Crippen LogP contribution in [0.25, 0.3) is 28.0 Å². The van der Waals surface area contributed by atoms with Crippen molar-refractivity contribution in [2.75, 3.05) is 0 Å². The van der Waals surface area contributed by atoms with E-state index in [1.165, 1.54) is 19.2 Å². The van der Waals surface area contributed by atoms with Gasteiger partial charge in [0.05, 0.1) is 16.0 Å². The zero-order valence-electron chi connectivity index (χ0n) is 15.5. The first-order valence-corrected chi connectivity index (χ1v) is 8.56. The lowest BCUT2D eigenvalue weighted by atomic mass is 10.1. The van der Waals surface area contributed by atoms with Crippen LogP contribution in [0.4, 0.5) is 5.69 Å². The Morgan fingerprint density at radius 1 is 1.00 bits per heavy atom. The Morgan fingerprint density at radius 2 is 1.75 bits per heavy atom. The van der Waals surface area contributed by atoms with Crippen molar-refractivity contribution in [1.82, 2.24) is 14.1 Å². The largest absolute Gasteiger partial charge is 0.352 e. The van der Waals surface area contributed by atoms with Crippen molar-refractivity contribution >= 4 is 16.6 Å². The maximum Gasteiger partial charge on any atom is 0.352 e. The van der Waals surface area contributed by atoms with Gasteiger partial charge in [-0.05, 0) is 49.2 Å². The number of nitrogens with zero attached hydrogens (tertiary/aromatic N) is 4. The van der Waals surface area contributed by atoms with E-state index in [0.717, 1.165) is 15.7 Å². The Labute approximate surface area is 158 Å². The number of nitro groups is 1. The van der Waals surface area contributed by atoms with E-state index >= 15 is 0 Å². The predicted octanol–water partition coefficient (Wildman–Crippen LogP) is 2.71. The summed E-state index contributed by atoms with van der Waals surface area (Å²) in [4.78, 5) is 39.7. The quantitative estimate of drug-likeness (QED) is 0.304. The van der Waals surface area contributed by atoms with Gasteiger partial charge in [0, 0.05) is 30.3 Å². The van der Waals surface area contributed by atoms with Crippen LogP contribution in [-0.2, 0) is 7.05 Å². The number of hydrogen-bond donors (Lipinski definition) is 0. The van der Waals surface area contributed by atoms with Gasteiger partial charge in [-0.15, -0.1) is 0 Å². The third-order valence-electron chi connectivity index (χ3n) is 4.99. The van der Waals surface area contributed by atoms with E-state index in [0.29, 0.717) is 16.6 Å². The van der Waals surface area contributed by atoms with Crippen molar-refractivity contribution in [3.05, 3.63) is 84.5 Å². The number of aryl methyl sites for hydroxylation is 2. The third-order valence-corrected chi connectivity index (χ3v) is 4.99. The summed E-state index contributed by atoms with van der Waals surface area (Å²) in [6.45, 7) is 3.95. The summed E-state index contributed by atoms with van der Waals surface area (Å²) in [5.41, 5.74) is 2.43. The molecule has 0 atom stereocenters. The van der Waals surface area contributed by atoms with E-state index in [-0.39, 0.29) is 17.1 Å². The summed E-state index contributed by atoms with van der Waals surface area (Å²) in [6, 6.07) is 11.7. The number of nitro benzene ring substituents is 1. The summed E-state index contributed by atoms with van der Waals surface area (Å²) in [6.07, 6.45) is 0. The predicted molar refractivity (Wildman–Crippen MR) is 105 cm³/mol. The third kappa shape index (κ3) is 2.58. The second-order valence-electron chi connectivity index (χ2n) is 6.74. The normalized spacial score (nSPS) is 11.2. The molecule has 2 aromatic rings. The van der Waals surface area contributed by atoms with Crippen LogP contribution in [0.3, 0.4) is 0 Å². The minimum atomic E-state index is -0.656. The molecule has 28 heavy (non-hydrogen) atoms. The smallest absolute Gasteiger partial charge is 0.294 e. The minimum absolute atomic E-state index is 0.0799. The molecule has 0 radical (unpaired) electrons. The summed E-state index contributed by atoms with van der Waals surface area (Å²) in [5, 5.41) is 11.7. The Balaban J connectivity index is 2.23. The highest BCUT2D eigenvalue weighted by atomic mass is 16.6. The van der Waals surface area contributed by atoms with Gasteiger partial charge >= 0.3 is 5.69 Å². The van der Waals surface area contributed by atoms with Gasteiger partial charge in [0.2, 0.25) is 0 Å². The van der Waals surface area contributed by atoms with Crippen molar-refractivity contribution in [2.24, 2.45) is 7.05 Å². The van der Waals surface area contributed by atoms with Crippen LogP contribution in [0.1, 0.15) is 11.1 Å². The maximum absolute atomic E-state index is 12.7. The average Bonchev–Trinajstić information content (AvgIpc) is 2.67. The molecule has 0 fully saturated rings. The molecule has 2 aromatic carbocycles. The lowest BCUT2D eigenvalue weighted by molar-refractivity contribution is -0.384. The van der Waals surface area contributed by atoms with Gasteiger partial charge in [0.1, 0.15) is 0 Å². The van der Waals surface area contributed by atoms with Gasteiger partial charge in [-0.25, -0.2) is 4.79 Å². The van der Waals surface area contributed by atoms with Crippen LogP contribution < -0.4 is 11.2 Å². The van der Waals surface area contributed by atoms with E-state index in [2.05, 4.69) is 4.98 Å². The number of hydrogen-bond acceptors (Lipinski definition) is 5. The van der Waals surface area contributed by atoms with Gasteiger partial charge in [-0.2, -0.15) is 4.98 Å². The van der Waals surface area contributed by atoms with Crippen LogP contribution >= 0.6 is 0 Å². The second-order valence-corrected chi connectivity index (χ2v) is 6.74. The maximum atomic E-state index is 12.7. The van der Waals surface area contributed by atoms with Crippen LogP contribution in [0.5, 0.6) is 0 Å². The Bertz CT molecular complexity index is 1370. The Kier molecular flexibility index (Phi) is 3.85. The molecule has 140 valence electrons. The summed E-state index contributed by atoms with van der Waals surface area (Å²) < 4.78 is 2.62. The van der Waals surface area contributed by atoms with E-state index in [4.69, 9.17) is 0 Å². The molecule has 0 bridgehead atoms. The van der Waals surface area contributed by atoms with Crippen molar-refractivity contribution in [1.29, 1.82) is 0 Å². The minimum Gasteiger partial charge on any atom is -0.294 e. The highest BCUT2D eigenvalue weighted by Crippen LogP contribution is 2.30. The van der Waals surface area contributed by atoms with Gasteiger partial charge in [-0.3, -0.25) is 24.0 Å². The molecule has 0 saturated heterocycles. The molecule has 8 heteroatoms. The second kappa shape index (κ2) is 6.12. The van der Waals surface area contributed by atoms with Gasteiger partial charge in [0.25, 0.3) is 11.2 Å². The molecule has 2 heterocycles. The topological polar surface area (TPSA) is 100 Å². The SMILES string of the molecule is Cc1ccc(-n2c3nc(=O)n(C)c(=O)c-3cc3cc([N+](=O)[O-])ccc32)cc1C. The zero-order valence-corrected chi connectivity index (χ0v) is 15.5. The first-order valence-electron chi connectivity index (χ1n) is 8.56. The molecule has 2 aliphatic heterocycles. The highest BCUT2D eigenvalue weighted by Gasteiger charge is 2.21. The first-order chi connectivity index (χ1) is 13.3. The van der Waals surface area contributed by atoms with Crippen molar-refractivity contribution in [3.8, 4) is 17.1 Å². The van der Waals surface area contributed by atoms with Gasteiger partial charge in [-0.1, -0.05) is 6.07 Å². The van der Waals surface area contributed by atoms with Gasteiger partial charge < -0.3 is 0 Å². The fraction of sp³-hybridized carbons (Fsp3) is 0.150. The lowest BCUT2D eigenvalue weighted by Gasteiger charge is -2.19. The molecule has 8 nitrogen and oxygen atoms in total. The number of non-ortho nitro benzene ring substituents is 1. The van der Waals surface area contributed by atoms with Crippen molar-refractivity contribution in [3.63, 3.8) is 0 Å². The van der Waals surface area contributed by atoms with Crippen LogP contribution in [0.15, 0.2) is 52.1 Å². The molecule has 0 aliphatic carbocycles. The fourth-order valence-electron chi connectivity index (χ4n) is 3.26. The number of rotatable bonds is 2. The number of pyridine rings is 1. The van der Waals surface area contributed by atoms with Gasteiger partial charge in [0.15, 0.2) is 5.82 Å². The molecule has 0 N–H and O–H groups in total.